The summed E-state index contributed by atoms with van der Waals surface area (Å²) in [5.41, 5.74) is 5.83. The van der Waals surface area contributed by atoms with Crippen LogP contribution in [0.5, 0.6) is 0 Å². The van der Waals surface area contributed by atoms with Gasteiger partial charge in [-0.15, -0.1) is 11.8 Å². The number of aromatic nitrogens is 2. The maximum Gasteiger partial charge on any atom is 0.275 e. The van der Waals surface area contributed by atoms with Crippen LogP contribution in [0.2, 0.25) is 0 Å². The number of hydrogen-bond acceptors (Lipinski definition) is 5. The second kappa shape index (κ2) is 7.47. The van der Waals surface area contributed by atoms with Gasteiger partial charge in [0.1, 0.15) is 6.54 Å². The van der Waals surface area contributed by atoms with E-state index in [1.165, 1.54) is 0 Å². The summed E-state index contributed by atoms with van der Waals surface area (Å²) in [5, 5.41) is 4.79. The number of primary amides is 1. The van der Waals surface area contributed by atoms with Crippen molar-refractivity contribution >= 4 is 40.0 Å². The van der Waals surface area contributed by atoms with E-state index in [1.807, 2.05) is 24.3 Å². The largest absolute Gasteiger partial charge is 0.364 e. The van der Waals surface area contributed by atoms with E-state index in [-0.39, 0.29) is 18.1 Å². The Morgan fingerprint density at radius 3 is 2.57 bits per heavy atom. The molecule has 142 valence electrons. The molecule has 0 fully saturated rings. The summed E-state index contributed by atoms with van der Waals surface area (Å²) in [4.78, 5) is 40.4. The van der Waals surface area contributed by atoms with E-state index in [0.717, 1.165) is 27.4 Å². The monoisotopic (exact) mass is 394 g/mol. The average molecular weight is 394 g/mol. The third kappa shape index (κ3) is 3.27. The van der Waals surface area contributed by atoms with Crippen LogP contribution in [0.1, 0.15) is 16.9 Å². The number of nitrogens with two attached hydrogens (primary N) is 1. The Hall–Kier alpha value is -3.13. The SMILES string of the molecule is NC(=O)c1nn(CC(=O)N2CCCSc3ccccc32)c(=O)c2ccccc12. The van der Waals surface area contributed by atoms with E-state index < -0.39 is 11.5 Å². The molecule has 0 spiro atoms. The maximum atomic E-state index is 13.1. The van der Waals surface area contributed by atoms with Crippen molar-refractivity contribution in [3.8, 4) is 0 Å². The zero-order valence-electron chi connectivity index (χ0n) is 15.0. The minimum absolute atomic E-state index is 0.0187. The number of para-hydroxylation sites is 1. The molecule has 4 rings (SSSR count). The summed E-state index contributed by atoms with van der Waals surface area (Å²) >= 11 is 1.71. The molecular weight excluding hydrogens is 376 g/mol. The molecule has 1 aliphatic heterocycles. The van der Waals surface area contributed by atoms with Crippen molar-refractivity contribution in [3.63, 3.8) is 0 Å². The molecule has 0 atom stereocenters. The summed E-state index contributed by atoms with van der Waals surface area (Å²) in [7, 11) is 0. The highest BCUT2D eigenvalue weighted by Crippen LogP contribution is 2.33. The molecule has 0 unspecified atom stereocenters. The second-order valence-corrected chi connectivity index (χ2v) is 7.57. The highest BCUT2D eigenvalue weighted by atomic mass is 32.2. The van der Waals surface area contributed by atoms with Gasteiger partial charge >= 0.3 is 0 Å². The molecule has 0 bridgehead atoms. The zero-order chi connectivity index (χ0) is 19.7. The number of hydrogen-bond donors (Lipinski definition) is 1. The molecule has 0 saturated heterocycles. The number of thioether (sulfide) groups is 1. The van der Waals surface area contributed by atoms with Gasteiger partial charge in [-0.25, -0.2) is 4.68 Å². The van der Waals surface area contributed by atoms with Crippen LogP contribution in [0.25, 0.3) is 10.8 Å². The number of amides is 2. The predicted molar refractivity (Wildman–Crippen MR) is 109 cm³/mol. The number of fused-ring (bicyclic) bond motifs is 2. The minimum atomic E-state index is -0.742. The summed E-state index contributed by atoms with van der Waals surface area (Å²) in [6.07, 6.45) is 0.845. The molecule has 3 aromatic rings. The van der Waals surface area contributed by atoms with E-state index in [9.17, 15) is 14.4 Å². The first-order valence-corrected chi connectivity index (χ1v) is 9.86. The number of nitrogens with zero attached hydrogens (tertiary/aromatic N) is 3. The van der Waals surface area contributed by atoms with E-state index >= 15 is 0 Å². The van der Waals surface area contributed by atoms with Gasteiger partial charge in [-0.3, -0.25) is 14.4 Å². The first kappa shape index (κ1) is 18.2. The normalized spacial score (nSPS) is 13.8. The molecule has 2 amide bonds. The molecule has 0 saturated carbocycles. The van der Waals surface area contributed by atoms with Gasteiger partial charge < -0.3 is 10.6 Å². The van der Waals surface area contributed by atoms with Crippen molar-refractivity contribution < 1.29 is 9.59 Å². The molecule has 2 aromatic carbocycles. The fraction of sp³-hybridized carbons (Fsp3) is 0.200. The number of rotatable bonds is 3. The van der Waals surface area contributed by atoms with Crippen LogP contribution >= 0.6 is 11.8 Å². The fourth-order valence-electron chi connectivity index (χ4n) is 3.32. The van der Waals surface area contributed by atoms with Gasteiger partial charge in [-0.2, -0.15) is 5.10 Å². The fourth-order valence-corrected chi connectivity index (χ4v) is 4.32. The molecule has 0 aliphatic carbocycles. The van der Waals surface area contributed by atoms with Gasteiger partial charge in [0.05, 0.1) is 11.1 Å². The topological polar surface area (TPSA) is 98.3 Å². The molecule has 7 nitrogen and oxygen atoms in total. The van der Waals surface area contributed by atoms with Crippen molar-refractivity contribution in [1.29, 1.82) is 0 Å². The van der Waals surface area contributed by atoms with Crippen molar-refractivity contribution in [2.75, 3.05) is 17.2 Å². The highest BCUT2D eigenvalue weighted by Gasteiger charge is 2.23. The van der Waals surface area contributed by atoms with Crippen molar-refractivity contribution in [2.24, 2.45) is 5.73 Å². The highest BCUT2D eigenvalue weighted by molar-refractivity contribution is 7.99. The smallest absolute Gasteiger partial charge is 0.275 e. The number of carbonyl (C=O) groups is 2. The van der Waals surface area contributed by atoms with Crippen molar-refractivity contribution in [3.05, 3.63) is 64.6 Å². The Morgan fingerprint density at radius 1 is 1.07 bits per heavy atom. The van der Waals surface area contributed by atoms with Crippen molar-refractivity contribution in [1.82, 2.24) is 9.78 Å². The predicted octanol–water partition coefficient (Wildman–Crippen LogP) is 2.02. The van der Waals surface area contributed by atoms with E-state index in [4.69, 9.17) is 5.73 Å². The molecule has 1 aromatic heterocycles. The lowest BCUT2D eigenvalue weighted by atomic mass is 10.1. The van der Waals surface area contributed by atoms with Crippen LogP contribution in [0.15, 0.2) is 58.2 Å². The molecule has 8 heteroatoms. The molecule has 1 aliphatic rings. The van der Waals surface area contributed by atoms with Gasteiger partial charge in [0.25, 0.3) is 11.5 Å². The van der Waals surface area contributed by atoms with Crippen LogP contribution in [0.3, 0.4) is 0 Å². The lowest BCUT2D eigenvalue weighted by molar-refractivity contribution is -0.119. The molecular formula is C20H18N4O3S. The quantitative estimate of drug-likeness (QED) is 0.733. The van der Waals surface area contributed by atoms with Gasteiger partial charge in [0.15, 0.2) is 5.69 Å². The second-order valence-electron chi connectivity index (χ2n) is 6.44. The summed E-state index contributed by atoms with van der Waals surface area (Å²) in [5.74, 6) is -0.0787. The third-order valence-electron chi connectivity index (χ3n) is 4.63. The number of anilines is 1. The van der Waals surface area contributed by atoms with Crippen molar-refractivity contribution in [2.45, 2.75) is 17.9 Å². The lowest BCUT2D eigenvalue weighted by Crippen LogP contribution is -2.39. The molecule has 0 radical (unpaired) electrons. The van der Waals surface area contributed by atoms with Gasteiger partial charge in [-0.05, 0) is 30.4 Å². The molecule has 2 heterocycles. The Kier molecular flexibility index (Phi) is 4.87. The number of carbonyl (C=O) groups excluding carboxylic acids is 2. The zero-order valence-corrected chi connectivity index (χ0v) is 15.8. The number of benzene rings is 2. The van der Waals surface area contributed by atoms with Crippen LogP contribution in [-0.2, 0) is 11.3 Å². The van der Waals surface area contributed by atoms with Gasteiger partial charge in [0, 0.05) is 16.8 Å². The first-order valence-electron chi connectivity index (χ1n) is 8.88. The summed E-state index contributed by atoms with van der Waals surface area (Å²) in [6, 6.07) is 14.3. The molecule has 2 N–H and O–H groups in total. The van der Waals surface area contributed by atoms with E-state index in [0.29, 0.717) is 17.3 Å². The Bertz CT molecular complexity index is 1140. The Labute approximate surface area is 165 Å². The lowest BCUT2D eigenvalue weighted by Gasteiger charge is -2.22. The summed E-state index contributed by atoms with van der Waals surface area (Å²) < 4.78 is 1.03. The van der Waals surface area contributed by atoms with Crippen LogP contribution < -0.4 is 16.2 Å². The van der Waals surface area contributed by atoms with Crippen LogP contribution in [0, 0.1) is 0 Å². The minimum Gasteiger partial charge on any atom is -0.364 e. The van der Waals surface area contributed by atoms with E-state index in [2.05, 4.69) is 5.10 Å². The van der Waals surface area contributed by atoms with Crippen LogP contribution in [0.4, 0.5) is 5.69 Å². The first-order chi connectivity index (χ1) is 13.6. The third-order valence-corrected chi connectivity index (χ3v) is 5.78. The average Bonchev–Trinajstić information content (AvgIpc) is 2.92. The van der Waals surface area contributed by atoms with Gasteiger partial charge in [0.2, 0.25) is 5.91 Å². The Morgan fingerprint density at radius 2 is 1.79 bits per heavy atom. The molecule has 28 heavy (non-hydrogen) atoms. The van der Waals surface area contributed by atoms with E-state index in [1.54, 1.807) is 40.9 Å². The van der Waals surface area contributed by atoms with Gasteiger partial charge in [-0.1, -0.05) is 30.3 Å². The Balaban J connectivity index is 1.75. The standard InChI is InChI=1S/C20H18N4O3S/c21-19(26)18-13-6-1-2-7-14(13)20(27)24(22-18)12-17(25)23-10-5-11-28-16-9-4-3-8-15(16)23/h1-4,6-9H,5,10-12H2,(H2,21,26). The van der Waals surface area contributed by atoms with Crippen LogP contribution in [-0.4, -0.2) is 33.9 Å². The maximum absolute atomic E-state index is 13.1. The summed E-state index contributed by atoms with van der Waals surface area (Å²) in [6.45, 7) is 0.302.